The molecule has 2 aromatic rings. The molecule has 1 heterocycles. The molecule has 0 unspecified atom stereocenters. The molecule has 1 aromatic heterocycles. The number of hydrogen-bond acceptors (Lipinski definition) is 4. The van der Waals surface area contributed by atoms with Gasteiger partial charge in [-0.2, -0.15) is 0 Å². The van der Waals surface area contributed by atoms with Crippen LogP contribution in [0.2, 0.25) is 0 Å². The molecule has 5 nitrogen and oxygen atoms in total. The Morgan fingerprint density at radius 3 is 2.63 bits per heavy atom. The lowest BCUT2D eigenvalue weighted by Crippen LogP contribution is -2.19. The van der Waals surface area contributed by atoms with Crippen LogP contribution in [0.5, 0.6) is 5.75 Å². The van der Waals surface area contributed by atoms with Crippen LogP contribution in [0.1, 0.15) is 35.7 Å². The van der Waals surface area contributed by atoms with Gasteiger partial charge in [0.25, 0.3) is 0 Å². The van der Waals surface area contributed by atoms with Gasteiger partial charge < -0.3 is 14.4 Å². The summed E-state index contributed by atoms with van der Waals surface area (Å²) in [6.45, 7) is 3.86. The standard InChI is InChI=1S/C14H15NO4/c1-14(2,9-6-4-5-7-11(9)18-3)12-8-10(13(16)17)15-19-12/h4-8H,1-3H3,(H,16,17). The predicted molar refractivity (Wildman–Crippen MR) is 68.6 cm³/mol. The van der Waals surface area contributed by atoms with Gasteiger partial charge >= 0.3 is 5.97 Å². The van der Waals surface area contributed by atoms with Crippen molar-refractivity contribution in [3.05, 3.63) is 47.3 Å². The van der Waals surface area contributed by atoms with E-state index < -0.39 is 11.4 Å². The van der Waals surface area contributed by atoms with Crippen molar-refractivity contribution in [2.45, 2.75) is 19.3 Å². The fourth-order valence-electron chi connectivity index (χ4n) is 1.96. The van der Waals surface area contributed by atoms with Gasteiger partial charge in [0, 0.05) is 11.6 Å². The molecule has 100 valence electrons. The van der Waals surface area contributed by atoms with Crippen molar-refractivity contribution < 1.29 is 19.2 Å². The minimum atomic E-state index is -1.11. The summed E-state index contributed by atoms with van der Waals surface area (Å²) in [4.78, 5) is 10.9. The highest BCUT2D eigenvalue weighted by Crippen LogP contribution is 2.37. The average Bonchev–Trinajstić information content (AvgIpc) is 2.89. The van der Waals surface area contributed by atoms with Crippen LogP contribution in [0.25, 0.3) is 0 Å². The fourth-order valence-corrected chi connectivity index (χ4v) is 1.96. The van der Waals surface area contributed by atoms with Gasteiger partial charge in [-0.3, -0.25) is 0 Å². The Morgan fingerprint density at radius 1 is 1.37 bits per heavy atom. The van der Waals surface area contributed by atoms with Crippen molar-refractivity contribution in [2.75, 3.05) is 7.11 Å². The zero-order chi connectivity index (χ0) is 14.0. The van der Waals surface area contributed by atoms with Crippen LogP contribution in [0.3, 0.4) is 0 Å². The third kappa shape index (κ3) is 2.31. The monoisotopic (exact) mass is 261 g/mol. The molecule has 0 fully saturated rings. The number of carboxylic acids is 1. The fraction of sp³-hybridized carbons (Fsp3) is 0.286. The SMILES string of the molecule is COc1ccccc1C(C)(C)c1cc(C(=O)O)no1. The minimum absolute atomic E-state index is 0.0991. The Hall–Kier alpha value is -2.30. The first-order valence-electron chi connectivity index (χ1n) is 5.81. The number of methoxy groups -OCH3 is 1. The summed E-state index contributed by atoms with van der Waals surface area (Å²) < 4.78 is 10.5. The number of rotatable bonds is 4. The van der Waals surface area contributed by atoms with Crippen molar-refractivity contribution >= 4 is 5.97 Å². The maximum Gasteiger partial charge on any atom is 0.358 e. The van der Waals surface area contributed by atoms with Gasteiger partial charge in [0.15, 0.2) is 5.69 Å². The van der Waals surface area contributed by atoms with E-state index in [1.165, 1.54) is 6.07 Å². The van der Waals surface area contributed by atoms with E-state index in [1.54, 1.807) is 7.11 Å². The summed E-state index contributed by atoms with van der Waals surface area (Å²) in [5, 5.41) is 12.4. The van der Waals surface area contributed by atoms with Crippen LogP contribution in [-0.4, -0.2) is 23.3 Å². The lowest BCUT2D eigenvalue weighted by atomic mass is 9.81. The highest BCUT2D eigenvalue weighted by atomic mass is 16.5. The van der Waals surface area contributed by atoms with E-state index in [0.717, 1.165) is 11.3 Å². The molecule has 19 heavy (non-hydrogen) atoms. The zero-order valence-electron chi connectivity index (χ0n) is 11.0. The Bertz CT molecular complexity index is 601. The number of para-hydroxylation sites is 1. The summed E-state index contributed by atoms with van der Waals surface area (Å²) in [7, 11) is 1.60. The second-order valence-corrected chi connectivity index (χ2v) is 4.71. The van der Waals surface area contributed by atoms with Crippen molar-refractivity contribution in [2.24, 2.45) is 0 Å². The van der Waals surface area contributed by atoms with Gasteiger partial charge in [0.1, 0.15) is 11.5 Å². The maximum atomic E-state index is 10.9. The molecule has 0 aliphatic heterocycles. The molecule has 0 amide bonds. The normalized spacial score (nSPS) is 11.3. The van der Waals surface area contributed by atoms with E-state index >= 15 is 0 Å². The molecular formula is C14H15NO4. The smallest absolute Gasteiger partial charge is 0.358 e. The summed E-state index contributed by atoms with van der Waals surface area (Å²) in [5.41, 5.74) is 0.274. The number of carboxylic acid groups (broad SMARTS) is 1. The van der Waals surface area contributed by atoms with Crippen LogP contribution < -0.4 is 4.74 Å². The molecule has 2 rings (SSSR count). The summed E-state index contributed by atoms with van der Waals surface area (Å²) in [6.07, 6.45) is 0. The quantitative estimate of drug-likeness (QED) is 0.916. The van der Waals surface area contributed by atoms with Crippen LogP contribution >= 0.6 is 0 Å². The third-order valence-electron chi connectivity index (χ3n) is 3.13. The van der Waals surface area contributed by atoms with Crippen molar-refractivity contribution in [3.63, 3.8) is 0 Å². The molecule has 0 bridgehead atoms. The molecule has 0 spiro atoms. The molecular weight excluding hydrogens is 246 g/mol. The van der Waals surface area contributed by atoms with E-state index in [-0.39, 0.29) is 5.69 Å². The first-order valence-corrected chi connectivity index (χ1v) is 5.81. The lowest BCUT2D eigenvalue weighted by molar-refractivity contribution is 0.0685. The highest BCUT2D eigenvalue weighted by Gasteiger charge is 2.31. The van der Waals surface area contributed by atoms with Gasteiger partial charge in [-0.15, -0.1) is 0 Å². The first kappa shape index (κ1) is 13.1. The van der Waals surface area contributed by atoms with Crippen LogP contribution in [0, 0.1) is 0 Å². The van der Waals surface area contributed by atoms with E-state index in [9.17, 15) is 4.79 Å². The molecule has 0 aliphatic carbocycles. The van der Waals surface area contributed by atoms with Gasteiger partial charge in [0.2, 0.25) is 0 Å². The topological polar surface area (TPSA) is 72.6 Å². The highest BCUT2D eigenvalue weighted by molar-refractivity contribution is 5.85. The molecule has 0 aliphatic rings. The van der Waals surface area contributed by atoms with Crippen molar-refractivity contribution in [3.8, 4) is 5.75 Å². The number of nitrogens with zero attached hydrogens (tertiary/aromatic N) is 1. The second-order valence-electron chi connectivity index (χ2n) is 4.71. The predicted octanol–water partition coefficient (Wildman–Crippen LogP) is 2.71. The maximum absolute atomic E-state index is 10.9. The zero-order valence-corrected chi connectivity index (χ0v) is 11.0. The van der Waals surface area contributed by atoms with Gasteiger partial charge in [-0.1, -0.05) is 23.4 Å². The van der Waals surface area contributed by atoms with E-state index in [1.807, 2.05) is 38.1 Å². The van der Waals surface area contributed by atoms with Crippen molar-refractivity contribution in [1.29, 1.82) is 0 Å². The summed E-state index contributed by atoms with van der Waals surface area (Å²) >= 11 is 0. The number of hydrogen-bond donors (Lipinski definition) is 1. The average molecular weight is 261 g/mol. The van der Waals surface area contributed by atoms with Crippen molar-refractivity contribution in [1.82, 2.24) is 5.16 Å². The van der Waals surface area contributed by atoms with Crippen LogP contribution in [0.15, 0.2) is 34.9 Å². The van der Waals surface area contributed by atoms with E-state index in [0.29, 0.717) is 5.76 Å². The van der Waals surface area contributed by atoms with Gasteiger partial charge in [-0.05, 0) is 19.9 Å². The number of ether oxygens (including phenoxy) is 1. The van der Waals surface area contributed by atoms with E-state index in [2.05, 4.69) is 5.16 Å². The Kier molecular flexibility index (Phi) is 3.29. The molecule has 1 aromatic carbocycles. The molecule has 0 atom stereocenters. The summed E-state index contributed by atoms with van der Waals surface area (Å²) in [6, 6.07) is 8.98. The van der Waals surface area contributed by atoms with Crippen LogP contribution in [-0.2, 0) is 5.41 Å². The molecule has 1 N–H and O–H groups in total. The largest absolute Gasteiger partial charge is 0.496 e. The summed E-state index contributed by atoms with van der Waals surface area (Å²) in [5.74, 6) is 0.0981. The number of carbonyl (C=O) groups is 1. The number of aromatic carboxylic acids is 1. The minimum Gasteiger partial charge on any atom is -0.496 e. The van der Waals surface area contributed by atoms with E-state index in [4.69, 9.17) is 14.4 Å². The molecule has 0 saturated heterocycles. The molecule has 0 saturated carbocycles. The third-order valence-corrected chi connectivity index (χ3v) is 3.13. The van der Waals surface area contributed by atoms with Gasteiger partial charge in [-0.25, -0.2) is 4.79 Å². The Balaban J connectivity index is 2.48. The lowest BCUT2D eigenvalue weighted by Gasteiger charge is -2.23. The Morgan fingerprint density at radius 2 is 2.05 bits per heavy atom. The van der Waals surface area contributed by atoms with Crippen LogP contribution in [0.4, 0.5) is 0 Å². The number of aromatic nitrogens is 1. The first-order chi connectivity index (χ1) is 8.96. The van der Waals surface area contributed by atoms with Gasteiger partial charge in [0.05, 0.1) is 12.5 Å². The molecule has 5 heteroatoms. The number of benzene rings is 1. The molecule has 0 radical (unpaired) electrons. The second kappa shape index (κ2) is 4.76. The Labute approximate surface area is 110 Å².